The second kappa shape index (κ2) is 8.69. The molecule has 0 spiro atoms. The zero-order chi connectivity index (χ0) is 27.8. The molecule has 198 valence electrons. The van der Waals surface area contributed by atoms with Crippen LogP contribution in [-0.4, -0.2) is 9.55 Å². The Labute approximate surface area is 241 Å². The first kappa shape index (κ1) is 23.1. The molecule has 4 nitrogen and oxygen atoms in total. The van der Waals surface area contributed by atoms with Crippen molar-refractivity contribution in [3.05, 3.63) is 127 Å². The largest absolute Gasteiger partial charge is 0.452 e. The minimum absolute atomic E-state index is 0.795. The Morgan fingerprint density at radius 2 is 1.10 bits per heavy atom. The number of benzene rings is 6. The third kappa shape index (κ3) is 3.39. The van der Waals surface area contributed by atoms with Crippen LogP contribution >= 0.6 is 0 Å². The molecule has 0 amide bonds. The fourth-order valence-corrected chi connectivity index (χ4v) is 6.30. The first-order chi connectivity index (χ1) is 20.7. The van der Waals surface area contributed by atoms with Crippen LogP contribution in [0.2, 0.25) is 0 Å². The summed E-state index contributed by atoms with van der Waals surface area (Å²) in [5.41, 5.74) is 11.1. The summed E-state index contributed by atoms with van der Waals surface area (Å²) in [6.45, 7) is 0. The molecule has 6 aromatic carbocycles. The van der Waals surface area contributed by atoms with E-state index in [0.29, 0.717) is 0 Å². The molecule has 0 aliphatic rings. The number of hydrogen-bond acceptors (Lipinski definition) is 3. The standard InChI is InChI=1S/C38H24N2O2/c1-40-33-18-14-27(22-32(33)39-38(40)23-8-3-2-4-9-23)25-11-7-10-24(20-25)26-15-19-35-31(21-26)30-17-16-29-28-12-5-6-13-34(28)41-36(29)37(30)42-35/h2-22H,1H3. The second-order valence-electron chi connectivity index (χ2n) is 10.9. The average Bonchev–Trinajstić information content (AvgIpc) is 3.72. The van der Waals surface area contributed by atoms with Gasteiger partial charge in [0.25, 0.3) is 0 Å². The van der Waals surface area contributed by atoms with E-state index in [1.165, 1.54) is 0 Å². The van der Waals surface area contributed by atoms with Gasteiger partial charge < -0.3 is 13.4 Å². The number of furan rings is 2. The molecule has 3 heterocycles. The molecule has 0 aliphatic heterocycles. The molecule has 9 rings (SSSR count). The van der Waals surface area contributed by atoms with Gasteiger partial charge in [-0.1, -0.05) is 78.9 Å². The van der Waals surface area contributed by atoms with Crippen molar-refractivity contribution in [1.29, 1.82) is 0 Å². The summed E-state index contributed by atoms with van der Waals surface area (Å²) >= 11 is 0. The zero-order valence-corrected chi connectivity index (χ0v) is 22.8. The Morgan fingerprint density at radius 1 is 0.476 bits per heavy atom. The molecule has 0 unspecified atom stereocenters. The summed E-state index contributed by atoms with van der Waals surface area (Å²) in [7, 11) is 2.08. The van der Waals surface area contributed by atoms with Gasteiger partial charge in [0.05, 0.1) is 11.0 Å². The van der Waals surface area contributed by atoms with Crippen molar-refractivity contribution in [2.75, 3.05) is 0 Å². The lowest BCUT2D eigenvalue weighted by atomic mass is 9.97. The molecule has 0 saturated heterocycles. The van der Waals surface area contributed by atoms with E-state index in [1.54, 1.807) is 0 Å². The maximum absolute atomic E-state index is 6.36. The molecule has 0 aliphatic carbocycles. The number of aromatic nitrogens is 2. The van der Waals surface area contributed by atoms with Gasteiger partial charge in [0.1, 0.15) is 17.0 Å². The van der Waals surface area contributed by atoms with E-state index in [-0.39, 0.29) is 0 Å². The van der Waals surface area contributed by atoms with Crippen LogP contribution in [0, 0.1) is 0 Å². The van der Waals surface area contributed by atoms with Crippen LogP contribution < -0.4 is 0 Å². The number of nitrogens with zero attached hydrogens (tertiary/aromatic N) is 2. The monoisotopic (exact) mass is 540 g/mol. The van der Waals surface area contributed by atoms with E-state index >= 15 is 0 Å². The van der Waals surface area contributed by atoms with Crippen LogP contribution in [0.3, 0.4) is 0 Å². The van der Waals surface area contributed by atoms with E-state index in [0.717, 1.165) is 88.6 Å². The van der Waals surface area contributed by atoms with E-state index in [4.69, 9.17) is 13.8 Å². The third-order valence-electron chi connectivity index (χ3n) is 8.43. The minimum Gasteiger partial charge on any atom is -0.452 e. The summed E-state index contributed by atoms with van der Waals surface area (Å²) in [4.78, 5) is 4.99. The number of hydrogen-bond donors (Lipinski definition) is 0. The first-order valence-corrected chi connectivity index (χ1v) is 14.1. The summed E-state index contributed by atoms with van der Waals surface area (Å²) in [5.74, 6) is 0.970. The van der Waals surface area contributed by atoms with Gasteiger partial charge in [0.15, 0.2) is 11.2 Å². The summed E-state index contributed by atoms with van der Waals surface area (Å²) < 4.78 is 14.8. The molecule has 0 fully saturated rings. The van der Waals surface area contributed by atoms with Crippen molar-refractivity contribution in [1.82, 2.24) is 9.55 Å². The highest BCUT2D eigenvalue weighted by molar-refractivity contribution is 6.19. The van der Waals surface area contributed by atoms with Gasteiger partial charge in [-0.05, 0) is 70.8 Å². The first-order valence-electron chi connectivity index (χ1n) is 14.1. The second-order valence-corrected chi connectivity index (χ2v) is 10.9. The number of para-hydroxylation sites is 1. The Morgan fingerprint density at radius 3 is 1.90 bits per heavy atom. The summed E-state index contributed by atoms with van der Waals surface area (Å²) in [5, 5.41) is 4.32. The zero-order valence-electron chi connectivity index (χ0n) is 22.8. The minimum atomic E-state index is 0.795. The van der Waals surface area contributed by atoms with Crippen LogP contribution in [0.25, 0.3) is 88.6 Å². The Balaban J connectivity index is 1.14. The van der Waals surface area contributed by atoms with Gasteiger partial charge in [-0.3, -0.25) is 0 Å². The molecule has 0 radical (unpaired) electrons. The lowest BCUT2D eigenvalue weighted by Crippen LogP contribution is -1.91. The quantitative estimate of drug-likeness (QED) is 0.224. The number of imidazole rings is 1. The topological polar surface area (TPSA) is 44.1 Å². The molecule has 3 aromatic heterocycles. The Bertz CT molecular complexity index is 2480. The fraction of sp³-hybridized carbons (Fsp3) is 0.0263. The van der Waals surface area contributed by atoms with Gasteiger partial charge >= 0.3 is 0 Å². The Kier molecular flexibility index (Phi) is 4.79. The van der Waals surface area contributed by atoms with Crippen LogP contribution in [0.5, 0.6) is 0 Å². The molecule has 0 saturated carbocycles. The highest BCUT2D eigenvalue weighted by Crippen LogP contribution is 2.40. The molecule has 4 heteroatoms. The highest BCUT2D eigenvalue weighted by atomic mass is 16.4. The van der Waals surface area contributed by atoms with Crippen molar-refractivity contribution >= 4 is 54.9 Å². The molecular formula is C38H24N2O2. The molecule has 0 bridgehead atoms. The van der Waals surface area contributed by atoms with Crippen molar-refractivity contribution in [3.63, 3.8) is 0 Å². The summed E-state index contributed by atoms with van der Waals surface area (Å²) in [6.07, 6.45) is 0. The lowest BCUT2D eigenvalue weighted by Gasteiger charge is -2.07. The average molecular weight is 541 g/mol. The SMILES string of the molecule is Cn1c(-c2ccccc2)nc2cc(-c3cccc(-c4ccc5oc6c(ccc7c8ccccc8oc76)c5c4)c3)ccc21. The van der Waals surface area contributed by atoms with Crippen LogP contribution in [-0.2, 0) is 7.05 Å². The Hall–Kier alpha value is -5.61. The fourth-order valence-electron chi connectivity index (χ4n) is 6.30. The van der Waals surface area contributed by atoms with Gasteiger partial charge in [-0.15, -0.1) is 0 Å². The predicted octanol–water partition coefficient (Wildman–Crippen LogP) is 10.4. The number of fused-ring (bicyclic) bond motifs is 8. The van der Waals surface area contributed by atoms with Crippen molar-refractivity contribution in [2.24, 2.45) is 7.05 Å². The number of rotatable bonds is 3. The molecule has 42 heavy (non-hydrogen) atoms. The maximum Gasteiger partial charge on any atom is 0.178 e. The van der Waals surface area contributed by atoms with Crippen LogP contribution in [0.15, 0.2) is 136 Å². The van der Waals surface area contributed by atoms with E-state index in [1.807, 2.05) is 24.3 Å². The lowest BCUT2D eigenvalue weighted by molar-refractivity contribution is 0.633. The van der Waals surface area contributed by atoms with Crippen molar-refractivity contribution in [2.45, 2.75) is 0 Å². The van der Waals surface area contributed by atoms with Gasteiger partial charge in [-0.25, -0.2) is 4.98 Å². The predicted molar refractivity (Wildman–Crippen MR) is 172 cm³/mol. The van der Waals surface area contributed by atoms with Crippen molar-refractivity contribution < 1.29 is 8.83 Å². The maximum atomic E-state index is 6.36. The molecule has 9 aromatic rings. The van der Waals surface area contributed by atoms with Crippen molar-refractivity contribution in [3.8, 4) is 33.6 Å². The van der Waals surface area contributed by atoms with E-state index in [9.17, 15) is 0 Å². The van der Waals surface area contributed by atoms with E-state index < -0.39 is 0 Å². The molecule has 0 N–H and O–H groups in total. The van der Waals surface area contributed by atoms with E-state index in [2.05, 4.69) is 115 Å². The van der Waals surface area contributed by atoms with Gasteiger partial charge in [0.2, 0.25) is 0 Å². The van der Waals surface area contributed by atoms with Crippen LogP contribution in [0.1, 0.15) is 0 Å². The van der Waals surface area contributed by atoms with Gasteiger partial charge in [-0.2, -0.15) is 0 Å². The van der Waals surface area contributed by atoms with Crippen LogP contribution in [0.4, 0.5) is 0 Å². The smallest absolute Gasteiger partial charge is 0.178 e. The normalized spacial score (nSPS) is 11.9. The highest BCUT2D eigenvalue weighted by Gasteiger charge is 2.17. The number of aryl methyl sites for hydroxylation is 1. The molecule has 0 atom stereocenters. The summed E-state index contributed by atoms with van der Waals surface area (Å²) in [6, 6.07) is 44.4. The van der Waals surface area contributed by atoms with Gasteiger partial charge in [0, 0.05) is 34.2 Å². The third-order valence-corrected chi connectivity index (χ3v) is 8.43. The molecular weight excluding hydrogens is 516 g/mol.